The van der Waals surface area contributed by atoms with E-state index in [1.165, 1.54) is 0 Å². The molecule has 2 amide bonds. The van der Waals surface area contributed by atoms with Gasteiger partial charge in [0.2, 0.25) is 0 Å². The van der Waals surface area contributed by atoms with E-state index in [1.54, 1.807) is 24.3 Å². The van der Waals surface area contributed by atoms with E-state index in [4.69, 9.17) is 4.74 Å². The zero-order valence-corrected chi connectivity index (χ0v) is 14.7. The Morgan fingerprint density at radius 1 is 0.704 bits per heavy atom. The van der Waals surface area contributed by atoms with Crippen molar-refractivity contribution in [2.75, 3.05) is 11.9 Å². The normalized spacial score (nSPS) is 10.1. The van der Waals surface area contributed by atoms with Gasteiger partial charge in [0.05, 0.1) is 0 Å². The molecule has 5 nitrogen and oxygen atoms in total. The molecular weight excluding hydrogens is 340 g/mol. The number of para-hydroxylation sites is 1. The van der Waals surface area contributed by atoms with Crippen LogP contribution in [0, 0.1) is 0 Å². The molecule has 0 bridgehead atoms. The summed E-state index contributed by atoms with van der Waals surface area (Å²) in [5.41, 5.74) is 1.63. The minimum Gasteiger partial charge on any atom is -0.457 e. The summed E-state index contributed by atoms with van der Waals surface area (Å²) in [6.45, 7) is 0.403. The van der Waals surface area contributed by atoms with Crippen molar-refractivity contribution in [3.8, 4) is 11.5 Å². The summed E-state index contributed by atoms with van der Waals surface area (Å²) in [7, 11) is 0. The van der Waals surface area contributed by atoms with E-state index < -0.39 is 11.8 Å². The van der Waals surface area contributed by atoms with Gasteiger partial charge in [-0.25, -0.2) is 0 Å². The zero-order chi connectivity index (χ0) is 18.9. The number of carbonyl (C=O) groups excluding carboxylic acids is 2. The highest BCUT2D eigenvalue weighted by atomic mass is 16.5. The summed E-state index contributed by atoms with van der Waals surface area (Å²) >= 11 is 0. The molecule has 0 saturated heterocycles. The van der Waals surface area contributed by atoms with Gasteiger partial charge in [-0.1, -0.05) is 48.5 Å². The van der Waals surface area contributed by atoms with E-state index >= 15 is 0 Å². The Morgan fingerprint density at radius 3 is 1.96 bits per heavy atom. The van der Waals surface area contributed by atoms with Crippen LogP contribution in [-0.4, -0.2) is 18.4 Å². The molecule has 2 N–H and O–H groups in total. The van der Waals surface area contributed by atoms with Gasteiger partial charge in [0.15, 0.2) is 0 Å². The van der Waals surface area contributed by atoms with Crippen LogP contribution in [0.5, 0.6) is 11.5 Å². The molecule has 0 atom stereocenters. The van der Waals surface area contributed by atoms with E-state index in [2.05, 4.69) is 10.6 Å². The lowest BCUT2D eigenvalue weighted by molar-refractivity contribution is -0.136. The molecule has 0 fully saturated rings. The number of carbonyl (C=O) groups is 2. The van der Waals surface area contributed by atoms with Gasteiger partial charge in [-0.05, 0) is 48.4 Å². The number of ether oxygens (including phenoxy) is 1. The number of benzene rings is 3. The van der Waals surface area contributed by atoms with Gasteiger partial charge in [0.1, 0.15) is 11.5 Å². The van der Waals surface area contributed by atoms with Crippen LogP contribution in [0.25, 0.3) is 0 Å². The highest BCUT2D eigenvalue weighted by molar-refractivity contribution is 6.39. The Bertz CT molecular complexity index is 878. The summed E-state index contributed by atoms with van der Waals surface area (Å²) in [6, 6.07) is 26.0. The Kier molecular flexibility index (Phi) is 6.20. The highest BCUT2D eigenvalue weighted by Gasteiger charge is 2.13. The first kappa shape index (κ1) is 18.2. The monoisotopic (exact) mass is 360 g/mol. The quantitative estimate of drug-likeness (QED) is 0.658. The van der Waals surface area contributed by atoms with E-state index in [1.807, 2.05) is 60.7 Å². The fourth-order valence-corrected chi connectivity index (χ4v) is 2.46. The first-order chi connectivity index (χ1) is 13.2. The van der Waals surface area contributed by atoms with E-state index in [9.17, 15) is 9.59 Å². The maximum Gasteiger partial charge on any atom is 0.313 e. The summed E-state index contributed by atoms with van der Waals surface area (Å²) in [5, 5.41) is 5.19. The molecule has 0 unspecified atom stereocenters. The van der Waals surface area contributed by atoms with Crippen LogP contribution in [0.1, 0.15) is 5.56 Å². The maximum absolute atomic E-state index is 12.0. The SMILES string of the molecule is O=C(NCCc1ccccc1)C(=O)Nc1ccc(Oc2ccccc2)cc1. The molecule has 0 heterocycles. The van der Waals surface area contributed by atoms with Crippen molar-refractivity contribution in [1.29, 1.82) is 0 Å². The number of amides is 2. The summed E-state index contributed by atoms with van der Waals surface area (Å²) in [4.78, 5) is 23.9. The molecule has 3 rings (SSSR count). The van der Waals surface area contributed by atoms with Crippen molar-refractivity contribution in [3.63, 3.8) is 0 Å². The second-order valence-corrected chi connectivity index (χ2v) is 5.89. The lowest BCUT2D eigenvalue weighted by atomic mass is 10.1. The van der Waals surface area contributed by atoms with Crippen LogP contribution in [0.4, 0.5) is 5.69 Å². The topological polar surface area (TPSA) is 67.4 Å². The van der Waals surface area contributed by atoms with Crippen LogP contribution < -0.4 is 15.4 Å². The Hall–Kier alpha value is -3.60. The first-order valence-corrected chi connectivity index (χ1v) is 8.67. The number of hydrogen-bond acceptors (Lipinski definition) is 3. The largest absolute Gasteiger partial charge is 0.457 e. The van der Waals surface area contributed by atoms with Gasteiger partial charge in [0.25, 0.3) is 0 Å². The molecule has 0 spiro atoms. The maximum atomic E-state index is 12.0. The van der Waals surface area contributed by atoms with Crippen molar-refractivity contribution < 1.29 is 14.3 Å². The van der Waals surface area contributed by atoms with Crippen molar-refractivity contribution in [1.82, 2.24) is 5.32 Å². The Labute approximate surface area is 158 Å². The van der Waals surface area contributed by atoms with E-state index in [-0.39, 0.29) is 0 Å². The van der Waals surface area contributed by atoms with Crippen LogP contribution >= 0.6 is 0 Å². The number of nitrogens with one attached hydrogen (secondary N) is 2. The molecular formula is C22H20N2O3. The smallest absolute Gasteiger partial charge is 0.313 e. The molecule has 27 heavy (non-hydrogen) atoms. The summed E-state index contributed by atoms with van der Waals surface area (Å²) in [5.74, 6) is 0.0222. The molecule has 0 saturated carbocycles. The molecule has 0 aromatic heterocycles. The van der Waals surface area contributed by atoms with Crippen LogP contribution in [-0.2, 0) is 16.0 Å². The number of anilines is 1. The molecule has 0 aliphatic heterocycles. The Balaban J connectivity index is 1.46. The molecule has 0 aliphatic carbocycles. The lowest BCUT2D eigenvalue weighted by Gasteiger charge is -2.08. The van der Waals surface area contributed by atoms with Gasteiger partial charge in [0, 0.05) is 12.2 Å². The number of hydrogen-bond donors (Lipinski definition) is 2. The minimum atomic E-state index is -0.695. The second-order valence-electron chi connectivity index (χ2n) is 5.89. The lowest BCUT2D eigenvalue weighted by Crippen LogP contribution is -2.36. The Morgan fingerprint density at radius 2 is 1.30 bits per heavy atom. The van der Waals surface area contributed by atoms with Crippen LogP contribution in [0.3, 0.4) is 0 Å². The third kappa shape index (κ3) is 5.71. The average Bonchev–Trinajstić information content (AvgIpc) is 2.71. The summed E-state index contributed by atoms with van der Waals surface area (Å²) < 4.78 is 5.69. The van der Waals surface area contributed by atoms with E-state index in [0.29, 0.717) is 24.4 Å². The first-order valence-electron chi connectivity index (χ1n) is 8.67. The van der Waals surface area contributed by atoms with Gasteiger partial charge in [-0.3, -0.25) is 9.59 Å². The van der Waals surface area contributed by atoms with Crippen molar-refractivity contribution >= 4 is 17.5 Å². The summed E-state index contributed by atoms with van der Waals surface area (Å²) in [6.07, 6.45) is 0.672. The van der Waals surface area contributed by atoms with Crippen LogP contribution in [0.2, 0.25) is 0 Å². The molecule has 136 valence electrons. The third-order valence-corrected chi connectivity index (χ3v) is 3.84. The predicted octanol–water partition coefficient (Wildman–Crippen LogP) is 3.78. The molecule has 0 aliphatic rings. The number of rotatable bonds is 6. The molecule has 3 aromatic rings. The van der Waals surface area contributed by atoms with Gasteiger partial charge >= 0.3 is 11.8 Å². The van der Waals surface area contributed by atoms with Crippen molar-refractivity contribution in [3.05, 3.63) is 90.5 Å². The predicted molar refractivity (Wildman–Crippen MR) is 105 cm³/mol. The average molecular weight is 360 g/mol. The van der Waals surface area contributed by atoms with Gasteiger partial charge in [-0.15, -0.1) is 0 Å². The van der Waals surface area contributed by atoms with Gasteiger partial charge in [-0.2, -0.15) is 0 Å². The van der Waals surface area contributed by atoms with Crippen molar-refractivity contribution in [2.24, 2.45) is 0 Å². The molecule has 5 heteroatoms. The fraction of sp³-hybridized carbons (Fsp3) is 0.0909. The third-order valence-electron chi connectivity index (χ3n) is 3.84. The van der Waals surface area contributed by atoms with Crippen molar-refractivity contribution in [2.45, 2.75) is 6.42 Å². The zero-order valence-electron chi connectivity index (χ0n) is 14.7. The molecule has 0 radical (unpaired) electrons. The minimum absolute atomic E-state index is 0.403. The van der Waals surface area contributed by atoms with E-state index in [0.717, 1.165) is 11.3 Å². The standard InChI is InChI=1S/C22H20N2O3/c25-21(23-16-15-17-7-3-1-4-8-17)22(26)24-18-11-13-20(14-12-18)27-19-9-5-2-6-10-19/h1-14H,15-16H2,(H,23,25)(H,24,26). The molecule has 3 aromatic carbocycles. The second kappa shape index (κ2) is 9.20. The fourth-order valence-electron chi connectivity index (χ4n) is 2.46. The van der Waals surface area contributed by atoms with Crippen LogP contribution in [0.15, 0.2) is 84.9 Å². The highest BCUT2D eigenvalue weighted by Crippen LogP contribution is 2.22. The van der Waals surface area contributed by atoms with Gasteiger partial charge < -0.3 is 15.4 Å².